The fraction of sp³-hybridized carbons (Fsp3) is 0.500. The van der Waals surface area contributed by atoms with E-state index in [1.807, 2.05) is 31.2 Å². The van der Waals surface area contributed by atoms with Crippen LogP contribution in [0, 0.1) is 12.8 Å². The maximum absolute atomic E-state index is 12.5. The fourth-order valence-electron chi connectivity index (χ4n) is 3.25. The zero-order chi connectivity index (χ0) is 18.6. The average molecular weight is 349 g/mol. The van der Waals surface area contributed by atoms with Crippen LogP contribution in [0.4, 0.5) is 0 Å². The second kappa shape index (κ2) is 8.11. The Balaban J connectivity index is 2.48. The van der Waals surface area contributed by atoms with Gasteiger partial charge >= 0.3 is 11.9 Å². The average Bonchev–Trinajstić information content (AvgIpc) is 2.97. The number of carbonyl (C=O) groups is 3. The number of nitrogens with zero attached hydrogens (tertiary/aromatic N) is 1. The molecular formula is C18H23NO6. The standard InChI is InChI=1S/C18H23NO6/c1-4-25-18(23)13-9-14(17(21)22)19(15(20)10-24-3)16(13)12-7-5-11(2)6-8-12/h5-8,13-14,16H,4,9-10H2,1-3H3,(H,21,22). The molecule has 1 fully saturated rings. The molecule has 1 heterocycles. The quantitative estimate of drug-likeness (QED) is 0.783. The zero-order valence-electron chi connectivity index (χ0n) is 14.6. The Kier molecular flexibility index (Phi) is 6.14. The molecule has 1 N–H and O–H groups in total. The van der Waals surface area contributed by atoms with Crippen molar-refractivity contribution < 1.29 is 29.0 Å². The smallest absolute Gasteiger partial charge is 0.326 e. The summed E-state index contributed by atoms with van der Waals surface area (Å²) in [6, 6.07) is 5.56. The van der Waals surface area contributed by atoms with Crippen LogP contribution in [0.15, 0.2) is 24.3 Å². The van der Waals surface area contributed by atoms with Crippen molar-refractivity contribution >= 4 is 17.8 Å². The number of carbonyl (C=O) groups excluding carboxylic acids is 2. The highest BCUT2D eigenvalue weighted by molar-refractivity contribution is 5.88. The molecule has 0 bridgehead atoms. The number of methoxy groups -OCH3 is 1. The summed E-state index contributed by atoms with van der Waals surface area (Å²) in [5.74, 6) is -2.84. The molecule has 0 aliphatic carbocycles. The summed E-state index contributed by atoms with van der Waals surface area (Å²) >= 11 is 0. The van der Waals surface area contributed by atoms with E-state index in [1.165, 1.54) is 12.0 Å². The summed E-state index contributed by atoms with van der Waals surface area (Å²) in [4.78, 5) is 37.9. The molecule has 3 unspecified atom stereocenters. The highest BCUT2D eigenvalue weighted by atomic mass is 16.5. The Labute approximate surface area is 146 Å². The number of ether oxygens (including phenoxy) is 2. The molecule has 1 aliphatic rings. The predicted molar refractivity (Wildman–Crippen MR) is 88.8 cm³/mol. The molecule has 3 atom stereocenters. The highest BCUT2D eigenvalue weighted by Gasteiger charge is 2.51. The van der Waals surface area contributed by atoms with E-state index in [0.717, 1.165) is 5.56 Å². The lowest BCUT2D eigenvalue weighted by atomic mass is 9.92. The summed E-state index contributed by atoms with van der Waals surface area (Å²) in [5.41, 5.74) is 1.73. The summed E-state index contributed by atoms with van der Waals surface area (Å²) < 4.78 is 10.0. The molecular weight excluding hydrogens is 326 g/mol. The van der Waals surface area contributed by atoms with Crippen molar-refractivity contribution in [2.45, 2.75) is 32.4 Å². The second-order valence-corrected chi connectivity index (χ2v) is 6.04. The Bertz CT molecular complexity index is 641. The molecule has 1 aliphatic heterocycles. The minimum atomic E-state index is -1.15. The SMILES string of the molecule is CCOC(=O)C1CC(C(=O)O)N(C(=O)COC)C1c1ccc(C)cc1. The van der Waals surface area contributed by atoms with Gasteiger partial charge in [-0.1, -0.05) is 29.8 Å². The number of carboxylic acids is 1. The maximum Gasteiger partial charge on any atom is 0.326 e. The largest absolute Gasteiger partial charge is 0.480 e. The number of benzene rings is 1. The number of aliphatic carboxylic acids is 1. The van der Waals surface area contributed by atoms with Crippen LogP contribution in [-0.2, 0) is 23.9 Å². The number of esters is 1. The van der Waals surface area contributed by atoms with Gasteiger partial charge < -0.3 is 19.5 Å². The lowest BCUT2D eigenvalue weighted by Gasteiger charge is -2.30. The van der Waals surface area contributed by atoms with Crippen LogP contribution in [0.1, 0.15) is 30.5 Å². The fourth-order valence-corrected chi connectivity index (χ4v) is 3.25. The van der Waals surface area contributed by atoms with Crippen LogP contribution >= 0.6 is 0 Å². The predicted octanol–water partition coefficient (Wildman–Crippen LogP) is 1.55. The number of hydrogen-bond acceptors (Lipinski definition) is 5. The molecule has 0 aromatic heterocycles. The lowest BCUT2D eigenvalue weighted by molar-refractivity contribution is -0.152. The number of aryl methyl sites for hydroxylation is 1. The van der Waals surface area contributed by atoms with E-state index >= 15 is 0 Å². The molecule has 1 aromatic carbocycles. The summed E-state index contributed by atoms with van der Waals surface area (Å²) in [7, 11) is 1.37. The van der Waals surface area contributed by atoms with E-state index in [4.69, 9.17) is 9.47 Å². The lowest BCUT2D eigenvalue weighted by Crippen LogP contribution is -2.44. The van der Waals surface area contributed by atoms with Crippen molar-refractivity contribution in [2.24, 2.45) is 5.92 Å². The topological polar surface area (TPSA) is 93.1 Å². The number of rotatable bonds is 6. The van der Waals surface area contributed by atoms with E-state index in [0.29, 0.717) is 5.56 Å². The second-order valence-electron chi connectivity index (χ2n) is 6.04. The van der Waals surface area contributed by atoms with Crippen LogP contribution in [0.5, 0.6) is 0 Å². The van der Waals surface area contributed by atoms with Crippen molar-refractivity contribution in [1.82, 2.24) is 4.90 Å². The van der Waals surface area contributed by atoms with Crippen LogP contribution < -0.4 is 0 Å². The maximum atomic E-state index is 12.5. The van der Waals surface area contributed by atoms with E-state index in [1.54, 1.807) is 6.92 Å². The van der Waals surface area contributed by atoms with Gasteiger partial charge in [0.2, 0.25) is 5.91 Å². The summed E-state index contributed by atoms with van der Waals surface area (Å²) in [5, 5.41) is 9.55. The number of carboxylic acid groups (broad SMARTS) is 1. The Morgan fingerprint density at radius 3 is 2.40 bits per heavy atom. The van der Waals surface area contributed by atoms with Crippen molar-refractivity contribution in [1.29, 1.82) is 0 Å². The van der Waals surface area contributed by atoms with Crippen molar-refractivity contribution in [2.75, 3.05) is 20.3 Å². The van der Waals surface area contributed by atoms with Gasteiger partial charge in [-0.25, -0.2) is 4.79 Å². The molecule has 1 amide bonds. The van der Waals surface area contributed by atoms with Crippen LogP contribution in [0.3, 0.4) is 0 Å². The van der Waals surface area contributed by atoms with E-state index < -0.39 is 35.8 Å². The van der Waals surface area contributed by atoms with E-state index in [2.05, 4.69) is 0 Å². The molecule has 2 rings (SSSR count). The van der Waals surface area contributed by atoms with Gasteiger partial charge in [0.1, 0.15) is 12.6 Å². The van der Waals surface area contributed by atoms with E-state index in [-0.39, 0.29) is 19.6 Å². The first kappa shape index (κ1) is 18.9. The first-order valence-corrected chi connectivity index (χ1v) is 8.16. The number of likely N-dealkylation sites (tertiary alicyclic amines) is 1. The normalized spacial score (nSPS) is 22.7. The molecule has 7 nitrogen and oxygen atoms in total. The third-order valence-corrected chi connectivity index (χ3v) is 4.34. The first-order chi connectivity index (χ1) is 11.9. The van der Waals surface area contributed by atoms with Gasteiger partial charge in [0.05, 0.1) is 18.6 Å². The van der Waals surface area contributed by atoms with Gasteiger partial charge in [0, 0.05) is 7.11 Å². The monoisotopic (exact) mass is 349 g/mol. The Morgan fingerprint density at radius 2 is 1.88 bits per heavy atom. The molecule has 0 saturated carbocycles. The molecule has 1 aromatic rings. The van der Waals surface area contributed by atoms with E-state index in [9.17, 15) is 19.5 Å². The third-order valence-electron chi connectivity index (χ3n) is 4.34. The molecule has 136 valence electrons. The molecule has 7 heteroatoms. The minimum Gasteiger partial charge on any atom is -0.480 e. The van der Waals surface area contributed by atoms with Gasteiger partial charge in [-0.05, 0) is 25.8 Å². The van der Waals surface area contributed by atoms with Crippen molar-refractivity contribution in [3.8, 4) is 0 Å². The number of amides is 1. The molecule has 1 saturated heterocycles. The van der Waals surface area contributed by atoms with Crippen LogP contribution in [0.2, 0.25) is 0 Å². The van der Waals surface area contributed by atoms with Gasteiger partial charge in [0.15, 0.2) is 0 Å². The van der Waals surface area contributed by atoms with Crippen LogP contribution in [-0.4, -0.2) is 54.2 Å². The van der Waals surface area contributed by atoms with Crippen molar-refractivity contribution in [3.05, 3.63) is 35.4 Å². The van der Waals surface area contributed by atoms with Gasteiger partial charge in [-0.2, -0.15) is 0 Å². The highest BCUT2D eigenvalue weighted by Crippen LogP contribution is 2.42. The van der Waals surface area contributed by atoms with Gasteiger partial charge in [-0.3, -0.25) is 9.59 Å². The van der Waals surface area contributed by atoms with Crippen molar-refractivity contribution in [3.63, 3.8) is 0 Å². The Morgan fingerprint density at radius 1 is 1.24 bits per heavy atom. The summed E-state index contributed by atoms with van der Waals surface area (Å²) in [6.07, 6.45) is 0.0160. The van der Waals surface area contributed by atoms with Gasteiger partial charge in [0.25, 0.3) is 0 Å². The summed E-state index contributed by atoms with van der Waals surface area (Å²) in [6.45, 7) is 3.56. The van der Waals surface area contributed by atoms with Gasteiger partial charge in [-0.15, -0.1) is 0 Å². The zero-order valence-corrected chi connectivity index (χ0v) is 14.6. The van der Waals surface area contributed by atoms with Crippen LogP contribution in [0.25, 0.3) is 0 Å². The molecule has 0 spiro atoms. The molecule has 25 heavy (non-hydrogen) atoms. The third kappa shape index (κ3) is 3.99. The number of hydrogen-bond donors (Lipinski definition) is 1. The Hall–Kier alpha value is -2.41. The first-order valence-electron chi connectivity index (χ1n) is 8.16. The molecule has 0 radical (unpaired) electrons. The minimum absolute atomic E-state index is 0.0160.